The van der Waals surface area contributed by atoms with Crippen LogP contribution in [-0.2, 0) is 96.4 Å². The van der Waals surface area contributed by atoms with Crippen LogP contribution in [0.15, 0.2) is 24.8 Å². The highest BCUT2D eigenvalue weighted by Gasteiger charge is 2.63. The number of alkyl halides is 19. The number of rotatable bonds is 30. The second-order valence-corrected chi connectivity index (χ2v) is 34.2. The van der Waals surface area contributed by atoms with Crippen LogP contribution in [0.1, 0.15) is 136 Å². The maximum absolute atomic E-state index is 13.7. The van der Waals surface area contributed by atoms with Crippen molar-refractivity contribution in [3.8, 4) is 0 Å². The summed E-state index contributed by atoms with van der Waals surface area (Å²) in [7, 11) is -12.5. The number of ether oxygens (including phenoxy) is 8. The lowest BCUT2D eigenvalue weighted by Crippen LogP contribution is -2.47. The largest absolute Gasteiger partial charge is 0.522 e. The molecule has 4 atom stereocenters. The Hall–Kier alpha value is -4.33. The highest BCUT2D eigenvalue weighted by atomic mass is 32.2. The van der Waals surface area contributed by atoms with E-state index in [1.807, 2.05) is 0 Å². The van der Waals surface area contributed by atoms with Gasteiger partial charge in [0.25, 0.3) is 0 Å². The first kappa shape index (κ1) is 92.8. The molecule has 0 aromatic heterocycles. The second kappa shape index (κ2) is 38.8. The normalized spacial score (nSPS) is 21.0. The van der Waals surface area contributed by atoms with Crippen molar-refractivity contribution in [1.82, 2.24) is 0 Å². The molecule has 4 heterocycles. The molecule has 5 aliphatic rings. The van der Waals surface area contributed by atoms with Crippen LogP contribution in [-0.4, -0.2) is 203 Å². The van der Waals surface area contributed by atoms with Gasteiger partial charge in [0.2, 0.25) is 0 Å². The Kier molecular flexibility index (Phi) is 35.6. The molecule has 5 rings (SSSR count). The summed E-state index contributed by atoms with van der Waals surface area (Å²) in [5.74, 6) is -15.1. The van der Waals surface area contributed by atoms with Gasteiger partial charge in [-0.25, -0.2) is 43.3 Å². The highest BCUT2D eigenvalue weighted by molar-refractivity contribution is 7.92. The van der Waals surface area contributed by atoms with Crippen LogP contribution >= 0.6 is 0 Å². The van der Waals surface area contributed by atoms with Gasteiger partial charge in [0, 0.05) is 25.5 Å². The van der Waals surface area contributed by atoms with Gasteiger partial charge in [0.05, 0.1) is 78.4 Å². The molecule has 0 spiro atoms. The quantitative estimate of drug-likeness (QED) is 0.0279. The Labute approximate surface area is 571 Å². The van der Waals surface area contributed by atoms with Crippen molar-refractivity contribution < 1.29 is 174 Å². The van der Waals surface area contributed by atoms with Crippen LogP contribution in [0, 0.1) is 29.6 Å². The third-order valence-corrected chi connectivity index (χ3v) is 23.2. The van der Waals surface area contributed by atoms with E-state index in [0.717, 1.165) is 25.8 Å². The summed E-state index contributed by atoms with van der Waals surface area (Å²) >= 11 is 0. The predicted octanol–water partition coefficient (Wildman–Crippen LogP) is 12.0. The topological polar surface area (TPSA) is 279 Å². The van der Waals surface area contributed by atoms with Crippen LogP contribution in [0.4, 0.5) is 83.4 Å². The fourth-order valence-electron chi connectivity index (χ4n) is 10.5. The van der Waals surface area contributed by atoms with Crippen LogP contribution < -0.4 is 0 Å². The fraction of sp³-hybridized carbons (Fsp3) is 0.862. The number of esters is 4. The molecule has 4 unspecified atom stereocenters. The maximum Gasteiger partial charge on any atom is 0.522 e. The first-order chi connectivity index (χ1) is 45.8. The van der Waals surface area contributed by atoms with Crippen molar-refractivity contribution in [2.24, 2.45) is 29.6 Å². The van der Waals surface area contributed by atoms with Crippen molar-refractivity contribution in [2.75, 3.05) is 72.5 Å². The van der Waals surface area contributed by atoms with Crippen molar-refractivity contribution in [3.63, 3.8) is 0 Å². The van der Waals surface area contributed by atoms with E-state index in [4.69, 9.17) is 18.9 Å². The van der Waals surface area contributed by atoms with Crippen molar-refractivity contribution in [3.05, 3.63) is 24.8 Å². The molecule has 4 saturated heterocycles. The minimum Gasteiger partial charge on any atom is -0.460 e. The van der Waals surface area contributed by atoms with Gasteiger partial charge in [0.15, 0.2) is 0 Å². The molecule has 20 nitrogen and oxygen atoms in total. The summed E-state index contributed by atoms with van der Waals surface area (Å²) in [6, 6.07) is 0. The van der Waals surface area contributed by atoms with Gasteiger partial charge in [-0.1, -0.05) is 32.9 Å². The van der Waals surface area contributed by atoms with Gasteiger partial charge in [-0.3, -0.25) is 14.3 Å². The molecular formula is C58H83F19O20S4. The fourth-order valence-corrected chi connectivity index (χ4v) is 16.8. The van der Waals surface area contributed by atoms with E-state index in [1.54, 1.807) is 6.92 Å². The summed E-state index contributed by atoms with van der Waals surface area (Å²) in [6.45, 7) is 5.25. The predicted molar refractivity (Wildman–Crippen MR) is 318 cm³/mol. The molecule has 1 aliphatic carbocycles. The molecule has 0 amide bonds. The molecular weight excluding hydrogens is 1510 g/mol. The second-order valence-electron chi connectivity index (χ2n) is 25.0. The Morgan fingerprint density at radius 1 is 0.455 bits per heavy atom. The number of hydrogen-bond donors (Lipinski definition) is 0. The Balaban J connectivity index is 0.000000463. The first-order valence-electron chi connectivity index (χ1n) is 31.4. The molecule has 0 N–H and O–H groups in total. The monoisotopic (exact) mass is 1590 g/mol. The zero-order chi connectivity index (χ0) is 77.7. The van der Waals surface area contributed by atoms with E-state index in [0.29, 0.717) is 25.7 Å². The summed E-state index contributed by atoms with van der Waals surface area (Å²) < 4.78 is 367. The third-order valence-electron chi connectivity index (χ3n) is 16.3. The lowest BCUT2D eigenvalue weighted by molar-refractivity contribution is -0.394. The number of halogens is 19. The van der Waals surface area contributed by atoms with E-state index < -0.39 is 175 Å². The number of carbonyl (C=O) groups is 4. The first-order valence-corrected chi connectivity index (χ1v) is 38.7. The Bertz CT molecular complexity index is 3080. The van der Waals surface area contributed by atoms with Gasteiger partial charge in [0.1, 0.15) is 70.2 Å². The van der Waals surface area contributed by atoms with E-state index in [9.17, 15) is 136 Å². The van der Waals surface area contributed by atoms with E-state index in [2.05, 4.69) is 32.1 Å². The van der Waals surface area contributed by atoms with Crippen LogP contribution in [0.5, 0.6) is 0 Å². The molecule has 5 fully saturated rings. The van der Waals surface area contributed by atoms with Crippen molar-refractivity contribution in [2.45, 2.75) is 210 Å². The molecule has 0 aromatic carbocycles. The Morgan fingerprint density at radius 2 is 0.772 bits per heavy atom. The summed E-state index contributed by atoms with van der Waals surface area (Å²) in [6.07, 6.45) is -34.1. The lowest BCUT2D eigenvalue weighted by atomic mass is 9.95. The van der Waals surface area contributed by atoms with E-state index in [-0.39, 0.29) is 153 Å². The van der Waals surface area contributed by atoms with E-state index in [1.165, 1.54) is 0 Å². The van der Waals surface area contributed by atoms with Crippen molar-refractivity contribution >= 4 is 63.2 Å². The molecule has 0 aromatic rings. The van der Waals surface area contributed by atoms with Gasteiger partial charge in [-0.2, -0.15) is 70.2 Å². The van der Waals surface area contributed by atoms with Crippen LogP contribution in [0.3, 0.4) is 0 Å². The number of sulfone groups is 4. The van der Waals surface area contributed by atoms with Gasteiger partial charge in [-0.05, 0) is 120 Å². The van der Waals surface area contributed by atoms with Crippen LogP contribution in [0.2, 0.25) is 0 Å². The van der Waals surface area contributed by atoms with E-state index >= 15 is 0 Å². The zero-order valence-corrected chi connectivity index (χ0v) is 58.1. The summed E-state index contributed by atoms with van der Waals surface area (Å²) in [5, 5.41) is 0. The van der Waals surface area contributed by atoms with Gasteiger partial charge >= 0.3 is 72.8 Å². The molecule has 1 saturated carbocycles. The minimum atomic E-state index is -5.89. The molecule has 4 aliphatic heterocycles. The highest BCUT2D eigenvalue weighted by Crippen LogP contribution is 2.44. The average molecular weight is 1590 g/mol. The SMILES string of the molecule is C=C(CC)C(=O)OC(COC(F)(F)C(C)(F)F)CC1CCS(=O)(=O)CC1.C=CC(=O)OC(COC(F)(F)C(F)(F)F)CC1CCS(=O)(=O)CC1.CC(=O)OC(COC(F)(F)F)CC1CCS(=O)(=O)CC1.O=C(OC(COC(F)(F)C(F)(F)CC(F)(F)F)CC1CCS(=O)(=O)CC1)C1CCCC1. The smallest absolute Gasteiger partial charge is 0.460 e. The van der Waals surface area contributed by atoms with Gasteiger partial charge in [-0.15, -0.1) is 13.2 Å². The lowest BCUT2D eigenvalue weighted by Gasteiger charge is -2.30. The maximum atomic E-state index is 13.7. The van der Waals surface area contributed by atoms with Crippen LogP contribution in [0.25, 0.3) is 0 Å². The molecule has 0 bridgehead atoms. The van der Waals surface area contributed by atoms with Gasteiger partial charge < -0.3 is 33.2 Å². The number of carbonyl (C=O) groups excluding carboxylic acids is 4. The number of hydrogen-bond acceptors (Lipinski definition) is 20. The molecule has 101 heavy (non-hydrogen) atoms. The minimum absolute atomic E-state index is 0.0184. The third kappa shape index (κ3) is 36.5. The molecule has 43 heteroatoms. The molecule has 0 radical (unpaired) electrons. The summed E-state index contributed by atoms with van der Waals surface area (Å²) in [4.78, 5) is 46.1. The molecule has 592 valence electrons. The van der Waals surface area contributed by atoms with Crippen molar-refractivity contribution in [1.29, 1.82) is 0 Å². The Morgan fingerprint density at radius 3 is 1.08 bits per heavy atom. The summed E-state index contributed by atoms with van der Waals surface area (Å²) in [5.41, 5.74) is 0.105. The standard InChI is InChI=1S/C18H25F7O5S.C16H24F4O5S.C13H17F5O5S.C11H17F3O5S/c19-16(20,11-17(21,22)23)18(24,25)29-10-14(30-15(26)13-3-1-2-4-13)9-12-5-7-31(27,28)8-6-12;1-4-11(2)14(21)25-13(10-24-16(19,20)15(3,17)18)9-12-5-7-26(22,23)8-6-12;1-2-11(19)23-10(8-22-13(17,18)12(14,15)16)7-9-3-5-24(20,21)6-4-9;1-8(15)19-10(7-18-11(12,13)14)6-9-2-4-20(16,17)5-3-9/h12-14H,1-11H2;12-13H,2,4-10H2,1,3H3;2,9-10H,1,3-8H2;9-10H,2-7H2,1H3. The zero-order valence-electron chi connectivity index (χ0n) is 54.9. The average Bonchev–Trinajstić information content (AvgIpc) is 0.921.